The number of hydrogen-bond acceptors (Lipinski definition) is 3. The highest BCUT2D eigenvalue weighted by atomic mass is 16.5. The number of hydrogen-bond donors (Lipinski definition) is 1. The van der Waals surface area contributed by atoms with E-state index >= 15 is 0 Å². The SMILES string of the molecule is COc1ccc(OC)c(NC(=O)Cn2ccc3ccccc32)c1. The molecule has 0 aliphatic heterocycles. The van der Waals surface area contributed by atoms with Gasteiger partial charge in [-0.3, -0.25) is 4.79 Å². The first kappa shape index (κ1) is 15.0. The van der Waals surface area contributed by atoms with E-state index in [4.69, 9.17) is 9.47 Å². The molecule has 3 rings (SSSR count). The topological polar surface area (TPSA) is 52.5 Å². The highest BCUT2D eigenvalue weighted by Crippen LogP contribution is 2.29. The molecule has 0 bridgehead atoms. The quantitative estimate of drug-likeness (QED) is 0.786. The van der Waals surface area contributed by atoms with Gasteiger partial charge in [-0.15, -0.1) is 0 Å². The first-order valence-electron chi connectivity index (χ1n) is 7.27. The Morgan fingerprint density at radius 3 is 2.70 bits per heavy atom. The molecule has 2 aromatic carbocycles. The molecule has 5 nitrogen and oxygen atoms in total. The van der Waals surface area contributed by atoms with Crippen LogP contribution in [0.3, 0.4) is 0 Å². The number of aromatic nitrogens is 1. The third-order valence-corrected chi connectivity index (χ3v) is 3.67. The van der Waals surface area contributed by atoms with Crippen molar-refractivity contribution in [3.63, 3.8) is 0 Å². The normalized spacial score (nSPS) is 10.5. The molecule has 0 fully saturated rings. The van der Waals surface area contributed by atoms with Crippen LogP contribution in [0.4, 0.5) is 5.69 Å². The van der Waals surface area contributed by atoms with E-state index in [2.05, 4.69) is 5.32 Å². The molecular weight excluding hydrogens is 292 g/mol. The van der Waals surface area contributed by atoms with Crippen molar-refractivity contribution in [1.29, 1.82) is 0 Å². The summed E-state index contributed by atoms with van der Waals surface area (Å²) in [7, 11) is 3.15. The summed E-state index contributed by atoms with van der Waals surface area (Å²) in [5.41, 5.74) is 1.62. The number of benzene rings is 2. The van der Waals surface area contributed by atoms with E-state index in [9.17, 15) is 4.79 Å². The van der Waals surface area contributed by atoms with Crippen molar-refractivity contribution in [1.82, 2.24) is 4.57 Å². The van der Waals surface area contributed by atoms with Crippen molar-refractivity contribution in [3.05, 3.63) is 54.7 Å². The molecule has 0 radical (unpaired) electrons. The molecule has 1 aromatic heterocycles. The Balaban J connectivity index is 1.79. The summed E-state index contributed by atoms with van der Waals surface area (Å²) in [6.07, 6.45) is 1.91. The molecular formula is C18H18N2O3. The smallest absolute Gasteiger partial charge is 0.244 e. The summed E-state index contributed by atoms with van der Waals surface area (Å²) in [4.78, 5) is 12.4. The fraction of sp³-hybridized carbons (Fsp3) is 0.167. The number of carbonyl (C=O) groups is 1. The third-order valence-electron chi connectivity index (χ3n) is 3.67. The number of para-hydroxylation sites is 1. The van der Waals surface area contributed by atoms with Crippen molar-refractivity contribution < 1.29 is 14.3 Å². The van der Waals surface area contributed by atoms with Crippen LogP contribution >= 0.6 is 0 Å². The van der Waals surface area contributed by atoms with Crippen molar-refractivity contribution in [2.75, 3.05) is 19.5 Å². The van der Waals surface area contributed by atoms with E-state index in [-0.39, 0.29) is 12.5 Å². The number of rotatable bonds is 5. The van der Waals surface area contributed by atoms with Crippen molar-refractivity contribution >= 4 is 22.5 Å². The number of nitrogens with zero attached hydrogens (tertiary/aromatic N) is 1. The number of fused-ring (bicyclic) bond motifs is 1. The van der Waals surface area contributed by atoms with Gasteiger partial charge in [0.1, 0.15) is 18.0 Å². The Morgan fingerprint density at radius 1 is 1.09 bits per heavy atom. The van der Waals surface area contributed by atoms with Crippen LogP contribution in [0.15, 0.2) is 54.7 Å². The number of nitrogens with one attached hydrogen (secondary N) is 1. The minimum atomic E-state index is -0.127. The molecule has 0 aliphatic rings. The van der Waals surface area contributed by atoms with Gasteiger partial charge in [-0.05, 0) is 29.7 Å². The van der Waals surface area contributed by atoms with Gasteiger partial charge in [0.25, 0.3) is 0 Å². The zero-order valence-electron chi connectivity index (χ0n) is 13.1. The van der Waals surface area contributed by atoms with Gasteiger partial charge < -0.3 is 19.4 Å². The van der Waals surface area contributed by atoms with E-state index in [1.54, 1.807) is 32.4 Å². The molecule has 1 amide bonds. The maximum Gasteiger partial charge on any atom is 0.244 e. The van der Waals surface area contributed by atoms with Crippen LogP contribution in [-0.4, -0.2) is 24.7 Å². The number of ether oxygens (including phenoxy) is 2. The molecule has 1 heterocycles. The predicted molar refractivity (Wildman–Crippen MR) is 90.1 cm³/mol. The van der Waals surface area contributed by atoms with Gasteiger partial charge in [-0.25, -0.2) is 0 Å². The fourth-order valence-corrected chi connectivity index (χ4v) is 2.53. The summed E-state index contributed by atoms with van der Waals surface area (Å²) in [6.45, 7) is 0.230. The lowest BCUT2D eigenvalue weighted by Crippen LogP contribution is -2.18. The lowest BCUT2D eigenvalue weighted by Gasteiger charge is -2.12. The Bertz CT molecular complexity index is 839. The van der Waals surface area contributed by atoms with E-state index < -0.39 is 0 Å². The zero-order valence-corrected chi connectivity index (χ0v) is 13.1. The van der Waals surface area contributed by atoms with Gasteiger partial charge in [-0.1, -0.05) is 18.2 Å². The average Bonchev–Trinajstić information content (AvgIpc) is 2.98. The van der Waals surface area contributed by atoms with Crippen molar-refractivity contribution in [2.24, 2.45) is 0 Å². The third kappa shape index (κ3) is 3.13. The van der Waals surface area contributed by atoms with Crippen LogP contribution in [-0.2, 0) is 11.3 Å². The highest BCUT2D eigenvalue weighted by molar-refractivity contribution is 5.93. The second-order valence-corrected chi connectivity index (χ2v) is 5.12. The van der Waals surface area contributed by atoms with E-state index in [0.717, 1.165) is 10.9 Å². The summed E-state index contributed by atoms with van der Waals surface area (Å²) in [5, 5.41) is 3.98. The van der Waals surface area contributed by atoms with Crippen LogP contribution in [0, 0.1) is 0 Å². The monoisotopic (exact) mass is 310 g/mol. The number of amides is 1. The van der Waals surface area contributed by atoms with E-state index in [0.29, 0.717) is 17.2 Å². The maximum absolute atomic E-state index is 12.4. The summed E-state index contributed by atoms with van der Waals surface area (Å²) >= 11 is 0. The van der Waals surface area contributed by atoms with Crippen LogP contribution in [0.5, 0.6) is 11.5 Å². The Labute approximate surface area is 134 Å². The molecule has 0 aliphatic carbocycles. The largest absolute Gasteiger partial charge is 0.497 e. The Kier molecular flexibility index (Phi) is 4.19. The molecule has 118 valence electrons. The lowest BCUT2D eigenvalue weighted by atomic mass is 10.2. The number of methoxy groups -OCH3 is 2. The Hall–Kier alpha value is -2.95. The molecule has 23 heavy (non-hydrogen) atoms. The summed E-state index contributed by atoms with van der Waals surface area (Å²) in [6, 6.07) is 15.2. The number of carbonyl (C=O) groups excluding carboxylic acids is 1. The first-order valence-corrected chi connectivity index (χ1v) is 7.27. The fourth-order valence-electron chi connectivity index (χ4n) is 2.53. The van der Waals surface area contributed by atoms with Crippen LogP contribution in [0.1, 0.15) is 0 Å². The standard InChI is InChI=1S/C18H18N2O3/c1-22-14-7-8-17(23-2)15(11-14)19-18(21)12-20-10-9-13-5-3-4-6-16(13)20/h3-11H,12H2,1-2H3,(H,19,21). The highest BCUT2D eigenvalue weighted by Gasteiger charge is 2.10. The second-order valence-electron chi connectivity index (χ2n) is 5.12. The maximum atomic E-state index is 12.4. The first-order chi connectivity index (χ1) is 11.2. The predicted octanol–water partition coefficient (Wildman–Crippen LogP) is 3.30. The van der Waals surface area contributed by atoms with Gasteiger partial charge >= 0.3 is 0 Å². The van der Waals surface area contributed by atoms with Crippen molar-refractivity contribution in [2.45, 2.75) is 6.54 Å². The van der Waals surface area contributed by atoms with Gasteiger partial charge in [0, 0.05) is 17.8 Å². The van der Waals surface area contributed by atoms with Gasteiger partial charge in [0.15, 0.2) is 0 Å². The van der Waals surface area contributed by atoms with Gasteiger partial charge in [0.2, 0.25) is 5.91 Å². The van der Waals surface area contributed by atoms with Gasteiger partial charge in [0.05, 0.1) is 19.9 Å². The van der Waals surface area contributed by atoms with Crippen molar-refractivity contribution in [3.8, 4) is 11.5 Å². The number of anilines is 1. The minimum absolute atomic E-state index is 0.127. The zero-order chi connectivity index (χ0) is 16.2. The minimum Gasteiger partial charge on any atom is -0.497 e. The molecule has 3 aromatic rings. The van der Waals surface area contributed by atoms with Crippen LogP contribution in [0.25, 0.3) is 10.9 Å². The van der Waals surface area contributed by atoms with Crippen LogP contribution in [0.2, 0.25) is 0 Å². The molecule has 0 saturated heterocycles. The molecule has 0 unspecified atom stereocenters. The summed E-state index contributed by atoms with van der Waals surface area (Å²) in [5.74, 6) is 1.13. The molecule has 0 spiro atoms. The van der Waals surface area contributed by atoms with E-state index in [1.165, 1.54) is 0 Å². The molecule has 5 heteroatoms. The Morgan fingerprint density at radius 2 is 1.91 bits per heavy atom. The summed E-state index contributed by atoms with van der Waals surface area (Å²) < 4.78 is 12.4. The molecule has 0 saturated carbocycles. The second kappa shape index (κ2) is 6.44. The van der Waals surface area contributed by atoms with E-state index in [1.807, 2.05) is 41.1 Å². The molecule has 1 N–H and O–H groups in total. The lowest BCUT2D eigenvalue weighted by molar-refractivity contribution is -0.116. The average molecular weight is 310 g/mol. The van der Waals surface area contributed by atoms with Gasteiger partial charge in [-0.2, -0.15) is 0 Å². The molecule has 0 atom stereocenters. The van der Waals surface area contributed by atoms with Crippen LogP contribution < -0.4 is 14.8 Å².